The number of ether oxygens (including phenoxy) is 4. The molecule has 2 aliphatic heterocycles. The lowest BCUT2D eigenvalue weighted by Gasteiger charge is -2.17. The predicted molar refractivity (Wildman–Crippen MR) is 78.0 cm³/mol. The fourth-order valence-electron chi connectivity index (χ4n) is 2.80. The molecule has 2 unspecified atom stereocenters. The molecule has 1 aromatic heterocycles. The fourth-order valence-corrected chi connectivity index (χ4v) is 2.80. The second kappa shape index (κ2) is 6.86. The van der Waals surface area contributed by atoms with Crippen LogP contribution in [0.5, 0.6) is 0 Å². The predicted octanol–water partition coefficient (Wildman–Crippen LogP) is 0.634. The first-order valence-electron chi connectivity index (χ1n) is 7.49. The Morgan fingerprint density at radius 1 is 0.962 bits per heavy atom. The summed E-state index contributed by atoms with van der Waals surface area (Å²) in [6.45, 7) is -0.195. The van der Waals surface area contributed by atoms with E-state index in [9.17, 15) is 29.4 Å². The van der Waals surface area contributed by atoms with Gasteiger partial charge in [-0.3, -0.25) is 0 Å². The molecule has 0 saturated carbocycles. The van der Waals surface area contributed by atoms with Crippen molar-refractivity contribution >= 4 is 24.2 Å². The maximum absolute atomic E-state index is 11.5. The van der Waals surface area contributed by atoms with Gasteiger partial charge in [0.05, 0.1) is 5.56 Å². The number of rotatable bonds is 6. The van der Waals surface area contributed by atoms with Gasteiger partial charge in [-0.2, -0.15) is 0 Å². The molecule has 3 rings (SSSR count). The van der Waals surface area contributed by atoms with Crippen molar-refractivity contribution in [1.29, 1.82) is 0 Å². The van der Waals surface area contributed by atoms with Gasteiger partial charge in [0, 0.05) is 19.0 Å². The fraction of sp³-hybridized carbons (Fsp3) is 0.400. The molecule has 26 heavy (non-hydrogen) atoms. The van der Waals surface area contributed by atoms with E-state index in [0.29, 0.717) is 0 Å². The Hall–Kier alpha value is -3.37. The summed E-state index contributed by atoms with van der Waals surface area (Å²) in [6.07, 6.45) is -2.61. The van der Waals surface area contributed by atoms with Gasteiger partial charge in [-0.15, -0.1) is 0 Å². The molecule has 0 aromatic carbocycles. The van der Waals surface area contributed by atoms with Crippen LogP contribution in [-0.4, -0.2) is 64.9 Å². The average Bonchev–Trinajstić information content (AvgIpc) is 3.16. The lowest BCUT2D eigenvalue weighted by Crippen LogP contribution is -2.24. The number of aromatic nitrogens is 1. The standard InChI is InChI=1S/C15H13NO10/c17-12(18)10-3-16-11(13(19)20)9(2-7-5-24-15(22)26-7)8(10)1-6-4-23-14(21)25-6/h3,6-7H,1-2,4-5H2,(H,17,18)(H,19,20). The van der Waals surface area contributed by atoms with E-state index < -0.39 is 36.5 Å². The largest absolute Gasteiger partial charge is 0.508 e. The van der Waals surface area contributed by atoms with Gasteiger partial charge >= 0.3 is 24.2 Å². The minimum absolute atomic E-state index is 0.0728. The molecular weight excluding hydrogens is 354 g/mol. The molecule has 2 aliphatic rings. The lowest BCUT2D eigenvalue weighted by atomic mass is 9.92. The van der Waals surface area contributed by atoms with Crippen LogP contribution < -0.4 is 0 Å². The van der Waals surface area contributed by atoms with E-state index >= 15 is 0 Å². The van der Waals surface area contributed by atoms with Gasteiger partial charge in [-0.05, 0) is 11.1 Å². The summed E-state index contributed by atoms with van der Waals surface area (Å²) >= 11 is 0. The first-order valence-corrected chi connectivity index (χ1v) is 7.49. The SMILES string of the molecule is O=C1OCC(Cc2c(C(=O)O)cnc(C(=O)O)c2CC2COC(=O)O2)O1. The zero-order chi connectivity index (χ0) is 18.8. The van der Waals surface area contributed by atoms with Gasteiger partial charge in [0.1, 0.15) is 25.4 Å². The van der Waals surface area contributed by atoms with Crippen LogP contribution in [0.3, 0.4) is 0 Å². The van der Waals surface area contributed by atoms with Crippen LogP contribution in [0.2, 0.25) is 0 Å². The van der Waals surface area contributed by atoms with Gasteiger partial charge in [0.15, 0.2) is 5.69 Å². The summed E-state index contributed by atoms with van der Waals surface area (Å²) in [7, 11) is 0. The summed E-state index contributed by atoms with van der Waals surface area (Å²) in [4.78, 5) is 49.0. The molecule has 138 valence electrons. The number of carboxylic acids is 2. The average molecular weight is 367 g/mol. The van der Waals surface area contributed by atoms with Gasteiger partial charge in [0.2, 0.25) is 0 Å². The second-order valence-electron chi connectivity index (χ2n) is 5.60. The highest BCUT2D eigenvalue weighted by atomic mass is 16.8. The second-order valence-corrected chi connectivity index (χ2v) is 5.60. The van der Waals surface area contributed by atoms with Crippen molar-refractivity contribution < 1.29 is 48.3 Å². The Labute approximate surface area is 145 Å². The normalized spacial score (nSPS) is 21.5. The molecule has 2 fully saturated rings. The van der Waals surface area contributed by atoms with E-state index in [1.54, 1.807) is 0 Å². The van der Waals surface area contributed by atoms with Crippen LogP contribution in [0.1, 0.15) is 32.0 Å². The van der Waals surface area contributed by atoms with Crippen LogP contribution >= 0.6 is 0 Å². The van der Waals surface area contributed by atoms with Gasteiger partial charge in [-0.25, -0.2) is 24.2 Å². The minimum atomic E-state index is -1.37. The molecule has 0 amide bonds. The molecule has 0 radical (unpaired) electrons. The van der Waals surface area contributed by atoms with E-state index in [2.05, 4.69) is 14.5 Å². The maximum atomic E-state index is 11.5. The van der Waals surface area contributed by atoms with Gasteiger partial charge in [-0.1, -0.05) is 0 Å². The number of pyridine rings is 1. The zero-order valence-corrected chi connectivity index (χ0v) is 13.2. The molecule has 1 aromatic rings. The zero-order valence-electron chi connectivity index (χ0n) is 13.2. The van der Waals surface area contributed by atoms with Crippen LogP contribution in [0, 0.1) is 0 Å². The molecule has 2 atom stereocenters. The van der Waals surface area contributed by atoms with E-state index in [0.717, 1.165) is 6.20 Å². The molecule has 0 bridgehead atoms. The van der Waals surface area contributed by atoms with Gasteiger partial charge in [0.25, 0.3) is 0 Å². The van der Waals surface area contributed by atoms with Crippen molar-refractivity contribution in [1.82, 2.24) is 4.98 Å². The third-order valence-electron chi connectivity index (χ3n) is 3.89. The first kappa shape index (κ1) is 17.5. The molecule has 0 aliphatic carbocycles. The Kier molecular flexibility index (Phi) is 4.61. The summed E-state index contributed by atoms with van der Waals surface area (Å²) < 4.78 is 19.2. The molecule has 11 heteroatoms. The summed E-state index contributed by atoms with van der Waals surface area (Å²) in [5, 5.41) is 18.8. The highest BCUT2D eigenvalue weighted by Crippen LogP contribution is 2.25. The van der Waals surface area contributed by atoms with E-state index in [1.165, 1.54) is 0 Å². The van der Waals surface area contributed by atoms with Crippen molar-refractivity contribution in [2.24, 2.45) is 0 Å². The molecule has 0 spiro atoms. The maximum Gasteiger partial charge on any atom is 0.508 e. The number of carbonyl (C=O) groups excluding carboxylic acids is 2. The Balaban J connectivity index is 2.02. The van der Waals surface area contributed by atoms with Crippen molar-refractivity contribution in [3.63, 3.8) is 0 Å². The summed E-state index contributed by atoms with van der Waals surface area (Å²) in [5.41, 5.74) is -0.420. The lowest BCUT2D eigenvalue weighted by molar-refractivity contribution is 0.0671. The van der Waals surface area contributed by atoms with Crippen molar-refractivity contribution in [2.45, 2.75) is 25.0 Å². The van der Waals surface area contributed by atoms with Gasteiger partial charge < -0.3 is 29.2 Å². The highest BCUT2D eigenvalue weighted by Gasteiger charge is 2.33. The molecule has 11 nitrogen and oxygen atoms in total. The number of hydrogen-bond acceptors (Lipinski definition) is 9. The third-order valence-corrected chi connectivity index (χ3v) is 3.89. The number of nitrogens with zero attached hydrogens (tertiary/aromatic N) is 1. The van der Waals surface area contributed by atoms with E-state index in [1.807, 2.05) is 0 Å². The highest BCUT2D eigenvalue weighted by molar-refractivity contribution is 5.93. The number of carboxylic acid groups (broad SMARTS) is 2. The van der Waals surface area contributed by atoms with Crippen LogP contribution in [0.15, 0.2) is 6.20 Å². The smallest absolute Gasteiger partial charge is 0.478 e. The quantitative estimate of drug-likeness (QED) is 0.679. The van der Waals surface area contributed by atoms with Crippen LogP contribution in [-0.2, 0) is 31.8 Å². The Morgan fingerprint density at radius 2 is 1.50 bits per heavy atom. The summed E-state index contributed by atoms with van der Waals surface area (Å²) in [6, 6.07) is 0. The Bertz CT molecular complexity index is 724. The first-order chi connectivity index (χ1) is 12.3. The minimum Gasteiger partial charge on any atom is -0.478 e. The van der Waals surface area contributed by atoms with Crippen LogP contribution in [0.4, 0.5) is 9.59 Å². The molecule has 2 saturated heterocycles. The van der Waals surface area contributed by atoms with E-state index in [-0.39, 0.29) is 48.4 Å². The molecular formula is C15H13NO10. The molecule has 2 N–H and O–H groups in total. The van der Waals surface area contributed by atoms with Crippen molar-refractivity contribution in [3.8, 4) is 0 Å². The third kappa shape index (κ3) is 3.50. The number of hydrogen-bond donors (Lipinski definition) is 2. The number of carbonyl (C=O) groups is 4. The molecule has 3 heterocycles. The van der Waals surface area contributed by atoms with Crippen molar-refractivity contribution in [2.75, 3.05) is 13.2 Å². The topological polar surface area (TPSA) is 159 Å². The van der Waals surface area contributed by atoms with Crippen molar-refractivity contribution in [3.05, 3.63) is 28.6 Å². The number of cyclic esters (lactones) is 4. The number of aromatic carboxylic acids is 2. The monoisotopic (exact) mass is 367 g/mol. The summed E-state index contributed by atoms with van der Waals surface area (Å²) in [5.74, 6) is -2.70. The Morgan fingerprint density at radius 3 is 1.92 bits per heavy atom. The van der Waals surface area contributed by atoms with E-state index in [4.69, 9.17) is 9.47 Å². The van der Waals surface area contributed by atoms with Crippen LogP contribution in [0.25, 0.3) is 0 Å².